The van der Waals surface area contributed by atoms with Crippen molar-refractivity contribution in [2.45, 2.75) is 20.5 Å². The first-order valence-electron chi connectivity index (χ1n) is 9.77. The van der Waals surface area contributed by atoms with Crippen molar-refractivity contribution in [1.82, 2.24) is 19.4 Å². The number of hydrogen-bond acceptors (Lipinski definition) is 6. The first-order valence-corrected chi connectivity index (χ1v) is 10.5. The predicted molar refractivity (Wildman–Crippen MR) is 115 cm³/mol. The summed E-state index contributed by atoms with van der Waals surface area (Å²) in [6.45, 7) is 9.99. The minimum Gasteiger partial charge on any atom is -0.379 e. The second-order valence-corrected chi connectivity index (χ2v) is 8.35. The maximum absolute atomic E-state index is 13.0. The quantitative estimate of drug-likeness (QED) is 0.732. The molecule has 0 N–H and O–H groups in total. The van der Waals surface area contributed by atoms with E-state index in [2.05, 4.69) is 9.80 Å². The van der Waals surface area contributed by atoms with E-state index in [1.807, 2.05) is 24.8 Å². The number of benzene rings is 1. The van der Waals surface area contributed by atoms with Gasteiger partial charge in [0.05, 0.1) is 37.3 Å². The largest absolute Gasteiger partial charge is 0.379 e. The van der Waals surface area contributed by atoms with Crippen molar-refractivity contribution in [3.8, 4) is 0 Å². The fourth-order valence-corrected chi connectivity index (χ4v) is 4.23. The highest BCUT2D eigenvalue weighted by atomic mass is 35.5. The van der Waals surface area contributed by atoms with Crippen molar-refractivity contribution in [2.75, 3.05) is 51.0 Å². The first kappa shape index (κ1) is 20.6. The van der Waals surface area contributed by atoms with E-state index in [-0.39, 0.29) is 5.56 Å². The zero-order chi connectivity index (χ0) is 20.5. The summed E-state index contributed by atoms with van der Waals surface area (Å²) in [6.07, 6.45) is 0. The summed E-state index contributed by atoms with van der Waals surface area (Å²) in [5.74, 6) is 0.616. The monoisotopic (exact) mass is 437 g/mol. The van der Waals surface area contributed by atoms with Gasteiger partial charge in [-0.15, -0.1) is 0 Å². The van der Waals surface area contributed by atoms with E-state index in [9.17, 15) is 4.79 Å². The molecule has 0 atom stereocenters. The molecular formula is C20H25Cl2N5O2. The van der Waals surface area contributed by atoms with Crippen molar-refractivity contribution in [1.29, 1.82) is 0 Å². The molecule has 0 saturated carbocycles. The third kappa shape index (κ3) is 4.29. The maximum Gasteiger partial charge on any atom is 0.259 e. The lowest BCUT2D eigenvalue weighted by Gasteiger charge is -2.39. The third-order valence-electron chi connectivity index (χ3n) is 5.58. The van der Waals surface area contributed by atoms with Crippen molar-refractivity contribution in [3.05, 3.63) is 49.9 Å². The van der Waals surface area contributed by atoms with Crippen molar-refractivity contribution >= 4 is 34.8 Å². The van der Waals surface area contributed by atoms with Gasteiger partial charge in [-0.1, -0.05) is 23.2 Å². The molecule has 1 aromatic heterocycles. The van der Waals surface area contributed by atoms with Crippen LogP contribution in [0, 0.1) is 13.8 Å². The summed E-state index contributed by atoms with van der Waals surface area (Å²) in [6, 6.07) is 5.40. The van der Waals surface area contributed by atoms with Gasteiger partial charge in [-0.2, -0.15) is 0 Å². The number of anilines is 2. The Hall–Kier alpha value is -1.64. The summed E-state index contributed by atoms with van der Waals surface area (Å²) >= 11 is 12.6. The number of hydrogen-bond donors (Lipinski definition) is 0. The molecule has 2 aliphatic heterocycles. The van der Waals surface area contributed by atoms with Crippen LogP contribution in [0.15, 0.2) is 23.0 Å². The molecule has 1 aromatic carbocycles. The number of fused-ring (bicyclic) bond motifs is 1. The molecule has 29 heavy (non-hydrogen) atoms. The molecule has 2 aliphatic rings. The summed E-state index contributed by atoms with van der Waals surface area (Å²) in [5.41, 5.74) is 2.18. The Kier molecular flexibility index (Phi) is 6.13. The minimum absolute atomic E-state index is 0.0151. The fourth-order valence-electron chi connectivity index (χ4n) is 3.72. The van der Waals surface area contributed by atoms with Crippen LogP contribution in [0.3, 0.4) is 0 Å². The molecule has 2 aromatic rings. The summed E-state index contributed by atoms with van der Waals surface area (Å²) in [4.78, 5) is 24.3. The van der Waals surface area contributed by atoms with Gasteiger partial charge < -0.3 is 4.74 Å². The Morgan fingerprint density at radius 3 is 2.52 bits per heavy atom. The highest BCUT2D eigenvalue weighted by Gasteiger charge is 2.28. The lowest BCUT2D eigenvalue weighted by molar-refractivity contribution is 0.0310. The van der Waals surface area contributed by atoms with Crippen molar-refractivity contribution < 1.29 is 4.74 Å². The van der Waals surface area contributed by atoms with Crippen LogP contribution < -0.4 is 10.5 Å². The molecule has 1 fully saturated rings. The van der Waals surface area contributed by atoms with Crippen molar-refractivity contribution in [2.24, 2.45) is 0 Å². The van der Waals surface area contributed by atoms with Crippen LogP contribution in [0.5, 0.6) is 0 Å². The Balaban J connectivity index is 1.67. The van der Waals surface area contributed by atoms with Gasteiger partial charge in [0.2, 0.25) is 5.95 Å². The van der Waals surface area contributed by atoms with E-state index in [1.54, 1.807) is 16.7 Å². The standard InChI is InChI=1S/C20H25Cl2N5O2/c1-14-15(2)23-20-26(18-4-3-16(21)11-17(18)22)12-25(13-27(20)19(14)28)6-5-24-7-9-29-10-8-24/h3-4,11H,5-10,12-13H2,1-2H3. The number of ether oxygens (including phenoxy) is 1. The predicted octanol–water partition coefficient (Wildman–Crippen LogP) is 2.87. The third-order valence-corrected chi connectivity index (χ3v) is 6.12. The molecule has 0 bridgehead atoms. The van der Waals surface area contributed by atoms with E-state index < -0.39 is 0 Å². The molecule has 156 valence electrons. The van der Waals surface area contributed by atoms with Gasteiger partial charge >= 0.3 is 0 Å². The van der Waals surface area contributed by atoms with Crippen LogP contribution in [0.25, 0.3) is 0 Å². The topological polar surface area (TPSA) is 53.8 Å². The van der Waals surface area contributed by atoms with Gasteiger partial charge in [-0.05, 0) is 32.0 Å². The molecule has 7 nitrogen and oxygen atoms in total. The second kappa shape index (κ2) is 8.62. The van der Waals surface area contributed by atoms with Gasteiger partial charge in [-0.3, -0.25) is 24.1 Å². The minimum atomic E-state index is -0.0151. The molecule has 1 saturated heterocycles. The van der Waals surface area contributed by atoms with Crippen LogP contribution in [0.2, 0.25) is 10.0 Å². The van der Waals surface area contributed by atoms with E-state index in [0.717, 1.165) is 50.8 Å². The average molecular weight is 438 g/mol. The molecular weight excluding hydrogens is 413 g/mol. The van der Waals surface area contributed by atoms with Crippen LogP contribution >= 0.6 is 23.2 Å². The zero-order valence-electron chi connectivity index (χ0n) is 16.7. The Morgan fingerprint density at radius 2 is 1.79 bits per heavy atom. The molecule has 3 heterocycles. The molecule has 9 heteroatoms. The van der Waals surface area contributed by atoms with Gasteiger partial charge in [0.25, 0.3) is 5.56 Å². The lowest BCUT2D eigenvalue weighted by Crippen LogP contribution is -2.50. The van der Waals surface area contributed by atoms with Crippen LogP contribution in [0.1, 0.15) is 11.3 Å². The molecule has 0 unspecified atom stereocenters. The molecule has 0 aliphatic carbocycles. The normalized spacial score (nSPS) is 18.1. The number of rotatable bonds is 4. The van der Waals surface area contributed by atoms with Gasteiger partial charge in [-0.25, -0.2) is 4.98 Å². The summed E-state index contributed by atoms with van der Waals surface area (Å²) in [5, 5.41) is 1.11. The van der Waals surface area contributed by atoms with Crippen molar-refractivity contribution in [3.63, 3.8) is 0 Å². The van der Waals surface area contributed by atoms with Gasteiger partial charge in [0.1, 0.15) is 0 Å². The fraction of sp³-hybridized carbons (Fsp3) is 0.500. The van der Waals surface area contributed by atoms with E-state index in [1.165, 1.54) is 0 Å². The Labute approximate surface area is 180 Å². The number of nitrogens with zero attached hydrogens (tertiary/aromatic N) is 5. The number of aryl methyl sites for hydroxylation is 1. The van der Waals surface area contributed by atoms with E-state index >= 15 is 0 Å². The van der Waals surface area contributed by atoms with Crippen LogP contribution in [-0.2, 0) is 11.4 Å². The summed E-state index contributed by atoms with van der Waals surface area (Å²) < 4.78 is 7.17. The van der Waals surface area contributed by atoms with Gasteiger partial charge in [0, 0.05) is 42.5 Å². The molecule has 4 rings (SSSR count). The molecule has 0 amide bonds. The second-order valence-electron chi connectivity index (χ2n) is 7.51. The average Bonchev–Trinajstić information content (AvgIpc) is 2.71. The molecule has 0 spiro atoms. The number of morpholine rings is 1. The van der Waals surface area contributed by atoms with Crippen LogP contribution in [-0.4, -0.2) is 65.4 Å². The Morgan fingerprint density at radius 1 is 1.07 bits per heavy atom. The maximum atomic E-state index is 13.0. The number of halogens is 2. The highest BCUT2D eigenvalue weighted by molar-refractivity contribution is 6.36. The number of aromatic nitrogens is 2. The summed E-state index contributed by atoms with van der Waals surface area (Å²) in [7, 11) is 0. The first-order chi connectivity index (χ1) is 13.9. The Bertz CT molecular complexity index is 959. The zero-order valence-corrected chi connectivity index (χ0v) is 18.2. The van der Waals surface area contributed by atoms with Crippen LogP contribution in [0.4, 0.5) is 11.6 Å². The van der Waals surface area contributed by atoms with E-state index in [4.69, 9.17) is 32.9 Å². The smallest absolute Gasteiger partial charge is 0.259 e. The molecule has 0 radical (unpaired) electrons. The lowest BCUT2D eigenvalue weighted by atomic mass is 10.2. The van der Waals surface area contributed by atoms with E-state index in [0.29, 0.717) is 34.9 Å². The van der Waals surface area contributed by atoms with Gasteiger partial charge in [0.15, 0.2) is 0 Å². The highest BCUT2D eigenvalue weighted by Crippen LogP contribution is 2.34. The SMILES string of the molecule is Cc1nc2n(c(=O)c1C)CN(CCN1CCOCC1)CN2c1ccc(Cl)cc1Cl.